The molecule has 1 heterocycles. The molecule has 1 unspecified atom stereocenters. The normalized spacial score (nSPS) is 19.0. The molecular weight excluding hydrogens is 393 g/mol. The summed E-state index contributed by atoms with van der Waals surface area (Å²) in [4.78, 5) is 18.7. The number of amides is 1. The minimum Gasteiger partial charge on any atom is -0.374 e. The van der Waals surface area contributed by atoms with Crippen LogP contribution in [-0.2, 0) is 11.3 Å². The van der Waals surface area contributed by atoms with Crippen LogP contribution in [0.15, 0.2) is 42.5 Å². The molecule has 2 aromatic carbocycles. The van der Waals surface area contributed by atoms with Crippen molar-refractivity contribution in [3.05, 3.63) is 59.4 Å². The fourth-order valence-electron chi connectivity index (χ4n) is 4.15. The van der Waals surface area contributed by atoms with E-state index >= 15 is 0 Å². The maximum absolute atomic E-state index is 14.9. The van der Waals surface area contributed by atoms with Crippen molar-refractivity contribution in [1.82, 2.24) is 4.90 Å². The molecule has 31 heavy (non-hydrogen) atoms. The largest absolute Gasteiger partial charge is 0.374 e. The Labute approximate surface area is 184 Å². The molecular formula is C25H32FN3O2. The van der Waals surface area contributed by atoms with Crippen molar-refractivity contribution in [2.75, 3.05) is 44.0 Å². The molecule has 0 aromatic heterocycles. The smallest absolute Gasteiger partial charge is 0.258 e. The minimum absolute atomic E-state index is 0.160. The van der Waals surface area contributed by atoms with Crippen LogP contribution in [0.4, 0.5) is 15.8 Å². The van der Waals surface area contributed by atoms with E-state index in [1.807, 2.05) is 30.3 Å². The number of hydrogen-bond acceptors (Lipinski definition) is 4. The third kappa shape index (κ3) is 4.91. The molecule has 0 bridgehead atoms. The van der Waals surface area contributed by atoms with Gasteiger partial charge in [0, 0.05) is 37.4 Å². The number of ether oxygens (including phenoxy) is 1. The molecule has 1 aliphatic heterocycles. The number of halogens is 1. The second kappa shape index (κ2) is 9.37. The highest BCUT2D eigenvalue weighted by atomic mass is 19.1. The first-order chi connectivity index (χ1) is 14.9. The van der Waals surface area contributed by atoms with Crippen LogP contribution in [0.1, 0.15) is 41.6 Å². The summed E-state index contributed by atoms with van der Waals surface area (Å²) < 4.78 is 20.7. The first-order valence-corrected chi connectivity index (χ1v) is 11.1. The van der Waals surface area contributed by atoms with E-state index in [4.69, 9.17) is 4.74 Å². The van der Waals surface area contributed by atoms with Gasteiger partial charge in [-0.15, -0.1) is 0 Å². The zero-order valence-corrected chi connectivity index (χ0v) is 18.7. The lowest BCUT2D eigenvalue weighted by atomic mass is 9.96. The van der Waals surface area contributed by atoms with Gasteiger partial charge >= 0.3 is 0 Å². The van der Waals surface area contributed by atoms with Crippen LogP contribution in [0, 0.1) is 5.82 Å². The topological polar surface area (TPSA) is 36.0 Å². The van der Waals surface area contributed by atoms with E-state index < -0.39 is 0 Å². The van der Waals surface area contributed by atoms with Crippen LogP contribution < -0.4 is 9.80 Å². The first-order valence-electron chi connectivity index (χ1n) is 11.1. The average molecular weight is 426 g/mol. The van der Waals surface area contributed by atoms with E-state index in [9.17, 15) is 9.18 Å². The fraction of sp³-hybridized carbons (Fsp3) is 0.480. The Kier molecular flexibility index (Phi) is 6.58. The number of carbonyl (C=O) groups excluding carboxylic acids is 1. The van der Waals surface area contributed by atoms with Gasteiger partial charge in [-0.1, -0.05) is 12.1 Å². The van der Waals surface area contributed by atoms with Gasteiger partial charge in [0.2, 0.25) is 0 Å². The summed E-state index contributed by atoms with van der Waals surface area (Å²) in [6, 6.07) is 13.0. The predicted molar refractivity (Wildman–Crippen MR) is 122 cm³/mol. The Morgan fingerprint density at radius 3 is 2.42 bits per heavy atom. The maximum atomic E-state index is 14.9. The van der Waals surface area contributed by atoms with Crippen molar-refractivity contribution >= 4 is 17.3 Å². The lowest BCUT2D eigenvalue weighted by molar-refractivity contribution is -0.00866. The van der Waals surface area contributed by atoms with Crippen molar-refractivity contribution in [3.63, 3.8) is 0 Å². The summed E-state index contributed by atoms with van der Waals surface area (Å²) in [5.74, 6) is -0.451. The summed E-state index contributed by atoms with van der Waals surface area (Å²) in [5.41, 5.74) is 2.78. The van der Waals surface area contributed by atoms with Gasteiger partial charge in [0.1, 0.15) is 5.82 Å². The minimum atomic E-state index is -0.292. The lowest BCUT2D eigenvalue weighted by Crippen LogP contribution is -2.31. The van der Waals surface area contributed by atoms with Crippen molar-refractivity contribution in [2.45, 2.75) is 44.4 Å². The molecule has 1 aliphatic carbocycles. The van der Waals surface area contributed by atoms with Gasteiger partial charge in [0.05, 0.1) is 18.4 Å². The van der Waals surface area contributed by atoms with Gasteiger partial charge in [0.25, 0.3) is 5.91 Å². The Morgan fingerprint density at radius 2 is 1.84 bits per heavy atom. The molecule has 0 N–H and O–H groups in total. The van der Waals surface area contributed by atoms with Gasteiger partial charge in [-0.2, -0.15) is 0 Å². The highest BCUT2D eigenvalue weighted by molar-refractivity contribution is 6.05. The van der Waals surface area contributed by atoms with Crippen molar-refractivity contribution in [2.24, 2.45) is 0 Å². The number of rotatable bonds is 7. The van der Waals surface area contributed by atoms with Crippen molar-refractivity contribution in [3.8, 4) is 0 Å². The summed E-state index contributed by atoms with van der Waals surface area (Å²) in [6.45, 7) is 2.23. The number of anilines is 2. The summed E-state index contributed by atoms with van der Waals surface area (Å²) >= 11 is 0. The maximum Gasteiger partial charge on any atom is 0.258 e. The van der Waals surface area contributed by atoms with Gasteiger partial charge in [-0.3, -0.25) is 4.79 Å². The number of carbonyl (C=O) groups is 1. The van der Waals surface area contributed by atoms with Crippen LogP contribution in [0.3, 0.4) is 0 Å². The Bertz CT molecular complexity index is 911. The van der Waals surface area contributed by atoms with Crippen molar-refractivity contribution in [1.29, 1.82) is 0 Å². The van der Waals surface area contributed by atoms with Crippen molar-refractivity contribution < 1.29 is 13.9 Å². The van der Waals surface area contributed by atoms with E-state index in [0.29, 0.717) is 35.7 Å². The van der Waals surface area contributed by atoms with E-state index in [2.05, 4.69) is 23.9 Å². The number of nitrogens with zero attached hydrogens (tertiary/aromatic N) is 3. The van der Waals surface area contributed by atoms with E-state index in [0.717, 1.165) is 37.9 Å². The quantitative estimate of drug-likeness (QED) is 0.662. The highest BCUT2D eigenvalue weighted by Crippen LogP contribution is 2.29. The molecule has 1 saturated carbocycles. The number of hydrogen-bond donors (Lipinski definition) is 0. The summed E-state index contributed by atoms with van der Waals surface area (Å²) in [5, 5.41) is 0. The average Bonchev–Trinajstić information content (AvgIpc) is 3.22. The zero-order valence-electron chi connectivity index (χ0n) is 18.7. The molecule has 2 aliphatic rings. The molecule has 0 spiro atoms. The predicted octanol–water partition coefficient (Wildman–Crippen LogP) is 4.31. The van der Waals surface area contributed by atoms with Crippen LogP contribution in [0.25, 0.3) is 0 Å². The third-order valence-corrected chi connectivity index (χ3v) is 6.60. The Hall–Kier alpha value is -2.44. The highest BCUT2D eigenvalue weighted by Gasteiger charge is 2.26. The third-order valence-electron chi connectivity index (χ3n) is 6.60. The van der Waals surface area contributed by atoms with Gasteiger partial charge < -0.3 is 19.4 Å². The molecule has 2 aromatic rings. The molecule has 0 radical (unpaired) electrons. The molecule has 166 valence electrons. The van der Waals surface area contributed by atoms with Crippen LogP contribution in [-0.4, -0.2) is 57.2 Å². The van der Waals surface area contributed by atoms with Crippen LogP contribution in [0.2, 0.25) is 0 Å². The molecule has 1 saturated heterocycles. The van der Waals surface area contributed by atoms with E-state index in [-0.39, 0.29) is 11.7 Å². The summed E-state index contributed by atoms with van der Waals surface area (Å²) in [6.07, 6.45) is 4.95. The first kappa shape index (κ1) is 21.8. The number of likely N-dealkylation sites (N-methyl/N-ethyl adjacent to an activating group) is 1. The molecule has 1 amide bonds. The van der Waals surface area contributed by atoms with E-state index in [1.165, 1.54) is 17.4 Å². The second-order valence-corrected chi connectivity index (χ2v) is 8.91. The molecule has 4 rings (SSSR count). The lowest BCUT2D eigenvalue weighted by Gasteiger charge is -2.25. The van der Waals surface area contributed by atoms with Crippen LogP contribution >= 0.6 is 0 Å². The monoisotopic (exact) mass is 425 g/mol. The Morgan fingerprint density at radius 1 is 1.10 bits per heavy atom. The van der Waals surface area contributed by atoms with Gasteiger partial charge in [-0.25, -0.2) is 4.39 Å². The molecule has 1 atom stereocenters. The molecule has 5 nitrogen and oxygen atoms in total. The molecule has 2 fully saturated rings. The zero-order chi connectivity index (χ0) is 22.0. The second-order valence-electron chi connectivity index (χ2n) is 8.91. The summed E-state index contributed by atoms with van der Waals surface area (Å²) in [7, 11) is 5.80. The van der Waals surface area contributed by atoms with Gasteiger partial charge in [0.15, 0.2) is 0 Å². The fourth-order valence-corrected chi connectivity index (χ4v) is 4.15. The standard InChI is InChI=1S/C25H32FN3O2/c1-27(2)21-13-14-29(16-21)24-12-11-20(15-23(24)26)28(3)25(30)19-9-7-18(8-10-19)17-31-22-5-4-6-22/h7-12,15,21-22H,4-6,13-14,16-17H2,1-3H3. The molecule has 6 heteroatoms. The SMILES string of the molecule is CN(C(=O)c1ccc(COC2CCC2)cc1)c1ccc(N2CCC(N(C)C)C2)c(F)c1. The van der Waals surface area contributed by atoms with Crippen LogP contribution in [0.5, 0.6) is 0 Å². The van der Waals surface area contributed by atoms with Gasteiger partial charge in [-0.05, 0) is 75.7 Å². The number of benzene rings is 2. The van der Waals surface area contributed by atoms with E-state index in [1.54, 1.807) is 13.1 Å². The Balaban J connectivity index is 1.39.